The highest BCUT2D eigenvalue weighted by molar-refractivity contribution is 7.18. The summed E-state index contributed by atoms with van der Waals surface area (Å²) in [5.41, 5.74) is 2.31. The zero-order valence-electron chi connectivity index (χ0n) is 14.5. The molecule has 0 aliphatic rings. The molecule has 0 radical (unpaired) electrons. The Labute approximate surface area is 149 Å². The molecule has 25 heavy (non-hydrogen) atoms. The molecule has 0 saturated heterocycles. The van der Waals surface area contributed by atoms with Crippen LogP contribution in [0.15, 0.2) is 29.3 Å². The number of aromatic nitrogens is 2. The highest BCUT2D eigenvalue weighted by Crippen LogP contribution is 2.26. The molecule has 0 fully saturated rings. The summed E-state index contributed by atoms with van der Waals surface area (Å²) >= 11 is 1.49. The highest BCUT2D eigenvalue weighted by atomic mass is 32.1. The van der Waals surface area contributed by atoms with Gasteiger partial charge in [-0.3, -0.25) is 14.2 Å². The summed E-state index contributed by atoms with van der Waals surface area (Å²) in [6, 6.07) is 5.52. The van der Waals surface area contributed by atoms with Crippen molar-refractivity contribution in [2.24, 2.45) is 0 Å². The van der Waals surface area contributed by atoms with Crippen LogP contribution in [0.25, 0.3) is 10.2 Å². The Bertz CT molecular complexity index is 1020. The van der Waals surface area contributed by atoms with Crippen LogP contribution in [-0.2, 0) is 11.3 Å². The van der Waals surface area contributed by atoms with Gasteiger partial charge in [0.15, 0.2) is 0 Å². The van der Waals surface area contributed by atoms with Gasteiger partial charge in [-0.25, -0.2) is 4.98 Å². The predicted octanol–water partition coefficient (Wildman–Crippen LogP) is 3.03. The van der Waals surface area contributed by atoms with Crippen molar-refractivity contribution in [1.82, 2.24) is 9.55 Å². The summed E-state index contributed by atoms with van der Waals surface area (Å²) in [7, 11) is 1.55. The summed E-state index contributed by atoms with van der Waals surface area (Å²) in [5.74, 6) is 0.265. The molecule has 0 aliphatic heterocycles. The number of thiophene rings is 1. The molecule has 0 aliphatic carbocycles. The Hall–Kier alpha value is -2.67. The molecule has 1 aromatic carbocycles. The molecule has 1 amide bonds. The van der Waals surface area contributed by atoms with Crippen molar-refractivity contribution in [3.05, 3.63) is 50.9 Å². The third-order valence-corrected chi connectivity index (χ3v) is 5.21. The first-order chi connectivity index (χ1) is 11.9. The lowest BCUT2D eigenvalue weighted by Gasteiger charge is -2.11. The second-order valence-corrected chi connectivity index (χ2v) is 7.10. The summed E-state index contributed by atoms with van der Waals surface area (Å²) in [6.45, 7) is 5.69. The van der Waals surface area contributed by atoms with Crippen LogP contribution in [0, 0.1) is 20.8 Å². The molecule has 0 spiro atoms. The molecular formula is C18H19N3O3S. The first kappa shape index (κ1) is 17.2. The number of nitrogens with zero attached hydrogens (tertiary/aromatic N) is 2. The zero-order valence-corrected chi connectivity index (χ0v) is 15.4. The maximum absolute atomic E-state index is 12.7. The molecule has 0 bridgehead atoms. The minimum Gasteiger partial charge on any atom is -0.495 e. The van der Waals surface area contributed by atoms with Gasteiger partial charge in [-0.05, 0) is 44.0 Å². The van der Waals surface area contributed by atoms with Crippen LogP contribution in [0.2, 0.25) is 0 Å². The van der Waals surface area contributed by atoms with E-state index in [1.54, 1.807) is 13.2 Å². The Balaban J connectivity index is 1.88. The van der Waals surface area contributed by atoms with Gasteiger partial charge < -0.3 is 10.1 Å². The number of aryl methyl sites for hydroxylation is 3. The molecule has 0 unspecified atom stereocenters. The maximum atomic E-state index is 12.7. The third kappa shape index (κ3) is 3.28. The Morgan fingerprint density at radius 2 is 2.08 bits per heavy atom. The molecule has 6 nitrogen and oxygen atoms in total. The average molecular weight is 357 g/mol. The fourth-order valence-electron chi connectivity index (χ4n) is 2.65. The number of benzene rings is 1. The molecule has 2 heterocycles. The molecule has 0 saturated carbocycles. The van der Waals surface area contributed by atoms with Crippen LogP contribution in [0.4, 0.5) is 5.69 Å². The van der Waals surface area contributed by atoms with E-state index in [2.05, 4.69) is 10.3 Å². The van der Waals surface area contributed by atoms with Gasteiger partial charge in [-0.15, -0.1) is 11.3 Å². The molecular weight excluding hydrogens is 338 g/mol. The van der Waals surface area contributed by atoms with E-state index >= 15 is 0 Å². The molecule has 3 rings (SSSR count). The lowest BCUT2D eigenvalue weighted by molar-refractivity contribution is -0.116. The van der Waals surface area contributed by atoms with E-state index < -0.39 is 0 Å². The van der Waals surface area contributed by atoms with Crippen LogP contribution >= 0.6 is 11.3 Å². The van der Waals surface area contributed by atoms with Crippen molar-refractivity contribution < 1.29 is 9.53 Å². The molecule has 3 aromatic rings. The summed E-state index contributed by atoms with van der Waals surface area (Å²) in [5, 5.41) is 3.39. The van der Waals surface area contributed by atoms with Crippen LogP contribution in [0.1, 0.15) is 16.0 Å². The van der Waals surface area contributed by atoms with Gasteiger partial charge in [0.2, 0.25) is 5.91 Å². The van der Waals surface area contributed by atoms with Crippen molar-refractivity contribution in [3.8, 4) is 5.75 Å². The summed E-state index contributed by atoms with van der Waals surface area (Å²) < 4.78 is 6.59. The number of nitrogens with one attached hydrogen (secondary N) is 1. The van der Waals surface area contributed by atoms with Gasteiger partial charge in [0.05, 0.1) is 24.5 Å². The summed E-state index contributed by atoms with van der Waals surface area (Å²) in [6.07, 6.45) is 1.42. The van der Waals surface area contributed by atoms with Crippen molar-refractivity contribution in [2.75, 3.05) is 12.4 Å². The quantitative estimate of drug-likeness (QED) is 0.779. The van der Waals surface area contributed by atoms with Gasteiger partial charge >= 0.3 is 0 Å². The number of carbonyl (C=O) groups excluding carboxylic acids is 1. The number of hydrogen-bond acceptors (Lipinski definition) is 5. The second-order valence-electron chi connectivity index (χ2n) is 5.89. The van der Waals surface area contributed by atoms with E-state index in [1.807, 2.05) is 32.9 Å². The molecule has 1 N–H and O–H groups in total. The predicted molar refractivity (Wildman–Crippen MR) is 99.7 cm³/mol. The van der Waals surface area contributed by atoms with Gasteiger partial charge in [0.25, 0.3) is 5.56 Å². The van der Waals surface area contributed by atoms with Crippen molar-refractivity contribution in [3.63, 3.8) is 0 Å². The van der Waals surface area contributed by atoms with E-state index in [1.165, 1.54) is 22.2 Å². The fourth-order valence-corrected chi connectivity index (χ4v) is 3.63. The molecule has 0 atom stereocenters. The van der Waals surface area contributed by atoms with E-state index in [0.29, 0.717) is 21.7 Å². The van der Waals surface area contributed by atoms with Gasteiger partial charge in [-0.2, -0.15) is 0 Å². The number of fused-ring (bicyclic) bond motifs is 1. The zero-order chi connectivity index (χ0) is 18.1. The maximum Gasteiger partial charge on any atom is 0.262 e. The van der Waals surface area contributed by atoms with Crippen LogP contribution in [0.5, 0.6) is 5.75 Å². The van der Waals surface area contributed by atoms with Gasteiger partial charge in [-0.1, -0.05) is 6.07 Å². The highest BCUT2D eigenvalue weighted by Gasteiger charge is 2.14. The van der Waals surface area contributed by atoms with Crippen LogP contribution in [0.3, 0.4) is 0 Å². The van der Waals surface area contributed by atoms with Crippen molar-refractivity contribution >= 4 is 33.1 Å². The number of methoxy groups -OCH3 is 1. The number of ether oxygens (including phenoxy) is 1. The van der Waals surface area contributed by atoms with E-state index in [4.69, 9.17) is 4.74 Å². The first-order valence-electron chi connectivity index (χ1n) is 7.80. The normalized spacial score (nSPS) is 10.9. The lowest BCUT2D eigenvalue weighted by atomic mass is 10.2. The standard InChI is InChI=1S/C18H19N3O3S/c1-10-5-6-14(24-4)13(7-10)20-15(22)8-21-9-19-17-16(18(21)23)11(2)12(3)25-17/h5-7,9H,8H2,1-4H3,(H,20,22). The second kappa shape index (κ2) is 6.68. The smallest absolute Gasteiger partial charge is 0.262 e. The van der Waals surface area contributed by atoms with Crippen LogP contribution in [-0.4, -0.2) is 22.6 Å². The first-order valence-corrected chi connectivity index (χ1v) is 8.62. The SMILES string of the molecule is COc1ccc(C)cc1NC(=O)Cn1cnc2sc(C)c(C)c2c1=O. The number of anilines is 1. The Kier molecular flexibility index (Phi) is 4.59. The van der Waals surface area contributed by atoms with E-state index in [0.717, 1.165) is 16.0 Å². The fraction of sp³-hybridized carbons (Fsp3) is 0.278. The number of carbonyl (C=O) groups is 1. The van der Waals surface area contributed by atoms with E-state index in [-0.39, 0.29) is 18.0 Å². The Morgan fingerprint density at radius 3 is 2.80 bits per heavy atom. The van der Waals surface area contributed by atoms with Crippen molar-refractivity contribution in [1.29, 1.82) is 0 Å². The largest absolute Gasteiger partial charge is 0.495 e. The monoisotopic (exact) mass is 357 g/mol. The van der Waals surface area contributed by atoms with Crippen LogP contribution < -0.4 is 15.6 Å². The molecule has 7 heteroatoms. The van der Waals surface area contributed by atoms with Gasteiger partial charge in [0.1, 0.15) is 17.1 Å². The third-order valence-electron chi connectivity index (χ3n) is 4.10. The van der Waals surface area contributed by atoms with Crippen molar-refractivity contribution in [2.45, 2.75) is 27.3 Å². The minimum atomic E-state index is -0.309. The average Bonchev–Trinajstić information content (AvgIpc) is 2.86. The van der Waals surface area contributed by atoms with E-state index in [9.17, 15) is 9.59 Å². The molecule has 2 aromatic heterocycles. The van der Waals surface area contributed by atoms with Gasteiger partial charge in [0, 0.05) is 4.88 Å². The number of rotatable bonds is 4. The Morgan fingerprint density at radius 1 is 1.32 bits per heavy atom. The molecule has 130 valence electrons. The summed E-state index contributed by atoms with van der Waals surface area (Å²) in [4.78, 5) is 31.1. The number of hydrogen-bond donors (Lipinski definition) is 1. The lowest BCUT2D eigenvalue weighted by Crippen LogP contribution is -2.28. The minimum absolute atomic E-state index is 0.104. The topological polar surface area (TPSA) is 73.2 Å². The number of amides is 1.